The lowest BCUT2D eigenvalue weighted by Gasteiger charge is -2.33. The van der Waals surface area contributed by atoms with Crippen LogP contribution >= 0.6 is 23.5 Å². The zero-order valence-electron chi connectivity index (χ0n) is 10.3. The molecule has 15 heavy (non-hydrogen) atoms. The van der Waals surface area contributed by atoms with E-state index in [9.17, 15) is 0 Å². The largest absolute Gasteiger partial charge is 0.310 e. The molecular weight excluding hydrogens is 222 g/mol. The summed E-state index contributed by atoms with van der Waals surface area (Å²) in [5.74, 6) is 2.50. The van der Waals surface area contributed by atoms with Gasteiger partial charge >= 0.3 is 0 Å². The Labute approximate surface area is 104 Å². The molecule has 0 heterocycles. The molecule has 3 atom stereocenters. The highest BCUT2D eigenvalue weighted by molar-refractivity contribution is 7.99. The van der Waals surface area contributed by atoms with E-state index in [1.165, 1.54) is 37.2 Å². The summed E-state index contributed by atoms with van der Waals surface area (Å²) in [4.78, 5) is 0. The first kappa shape index (κ1) is 13.7. The maximum absolute atomic E-state index is 3.81. The highest BCUT2D eigenvalue weighted by atomic mass is 32.2. The van der Waals surface area contributed by atoms with Gasteiger partial charge in [-0.1, -0.05) is 19.8 Å². The lowest BCUT2D eigenvalue weighted by atomic mass is 9.94. The number of rotatable bonds is 6. The topological polar surface area (TPSA) is 12.0 Å². The summed E-state index contributed by atoms with van der Waals surface area (Å²) in [6.07, 6.45) is 7.90. The fraction of sp³-hybridized carbons (Fsp3) is 1.00. The maximum Gasteiger partial charge on any atom is 0.0198 e. The Bertz CT molecular complexity index is 164. The lowest BCUT2D eigenvalue weighted by Crippen LogP contribution is -2.45. The van der Waals surface area contributed by atoms with Gasteiger partial charge in [0, 0.05) is 23.1 Å². The van der Waals surface area contributed by atoms with Crippen molar-refractivity contribution in [3.05, 3.63) is 0 Å². The van der Waals surface area contributed by atoms with E-state index in [0.29, 0.717) is 6.04 Å². The number of hydrogen-bond donors (Lipinski definition) is 1. The van der Waals surface area contributed by atoms with Crippen molar-refractivity contribution in [2.24, 2.45) is 0 Å². The van der Waals surface area contributed by atoms with Crippen molar-refractivity contribution in [3.8, 4) is 0 Å². The molecule has 0 aromatic heterocycles. The van der Waals surface area contributed by atoms with Gasteiger partial charge in [0.25, 0.3) is 0 Å². The summed E-state index contributed by atoms with van der Waals surface area (Å²) in [5.41, 5.74) is 0. The SMILES string of the molecule is CCSCC(C)NC1CCCCC1SC. The Morgan fingerprint density at radius 2 is 2.07 bits per heavy atom. The summed E-state index contributed by atoms with van der Waals surface area (Å²) in [6, 6.07) is 1.44. The molecule has 0 amide bonds. The van der Waals surface area contributed by atoms with Crippen LogP contribution in [-0.2, 0) is 0 Å². The van der Waals surface area contributed by atoms with Crippen molar-refractivity contribution in [2.45, 2.75) is 56.9 Å². The van der Waals surface area contributed by atoms with Crippen molar-refractivity contribution < 1.29 is 0 Å². The normalized spacial score (nSPS) is 29.0. The van der Waals surface area contributed by atoms with Crippen LogP contribution < -0.4 is 5.32 Å². The van der Waals surface area contributed by atoms with Crippen molar-refractivity contribution in [2.75, 3.05) is 17.8 Å². The molecule has 0 saturated heterocycles. The van der Waals surface area contributed by atoms with Gasteiger partial charge in [0.1, 0.15) is 0 Å². The zero-order chi connectivity index (χ0) is 11.1. The van der Waals surface area contributed by atoms with Gasteiger partial charge in [0.05, 0.1) is 0 Å². The molecular formula is C12H25NS2. The van der Waals surface area contributed by atoms with Crippen LogP contribution in [0.2, 0.25) is 0 Å². The molecule has 1 saturated carbocycles. The van der Waals surface area contributed by atoms with Gasteiger partial charge in [-0.3, -0.25) is 0 Å². The molecule has 0 radical (unpaired) electrons. The predicted octanol–water partition coefficient (Wildman–Crippen LogP) is 3.39. The first-order valence-corrected chi connectivity index (χ1v) is 8.58. The molecule has 3 unspecified atom stereocenters. The second-order valence-electron chi connectivity index (χ2n) is 4.39. The molecule has 3 heteroatoms. The fourth-order valence-corrected chi connectivity index (χ4v) is 3.91. The van der Waals surface area contributed by atoms with E-state index in [0.717, 1.165) is 11.3 Å². The summed E-state index contributed by atoms with van der Waals surface area (Å²) in [5, 5.41) is 4.67. The van der Waals surface area contributed by atoms with E-state index in [2.05, 4.69) is 37.2 Å². The van der Waals surface area contributed by atoms with E-state index >= 15 is 0 Å². The van der Waals surface area contributed by atoms with Crippen LogP contribution in [0.4, 0.5) is 0 Å². The Kier molecular flexibility index (Phi) is 7.19. The minimum atomic E-state index is 0.674. The first-order valence-electron chi connectivity index (χ1n) is 6.14. The van der Waals surface area contributed by atoms with Crippen LogP contribution in [0.1, 0.15) is 39.5 Å². The maximum atomic E-state index is 3.81. The average molecular weight is 247 g/mol. The van der Waals surface area contributed by atoms with Crippen molar-refractivity contribution in [1.29, 1.82) is 0 Å². The summed E-state index contributed by atoms with van der Waals surface area (Å²) >= 11 is 4.09. The molecule has 1 aliphatic carbocycles. The van der Waals surface area contributed by atoms with Crippen LogP contribution in [0, 0.1) is 0 Å². The number of thioether (sulfide) groups is 2. The van der Waals surface area contributed by atoms with Gasteiger partial charge in [-0.15, -0.1) is 0 Å². The van der Waals surface area contributed by atoms with Gasteiger partial charge in [-0.2, -0.15) is 23.5 Å². The zero-order valence-corrected chi connectivity index (χ0v) is 11.9. The van der Waals surface area contributed by atoms with Gasteiger partial charge in [0.2, 0.25) is 0 Å². The molecule has 0 aliphatic heterocycles. The minimum absolute atomic E-state index is 0.674. The van der Waals surface area contributed by atoms with E-state index in [1.807, 2.05) is 11.8 Å². The Hall–Kier alpha value is 0.660. The van der Waals surface area contributed by atoms with Crippen LogP contribution in [0.3, 0.4) is 0 Å². The van der Waals surface area contributed by atoms with Gasteiger partial charge in [-0.25, -0.2) is 0 Å². The van der Waals surface area contributed by atoms with Crippen molar-refractivity contribution in [3.63, 3.8) is 0 Å². The van der Waals surface area contributed by atoms with E-state index < -0.39 is 0 Å². The molecule has 0 aromatic carbocycles. The van der Waals surface area contributed by atoms with E-state index in [-0.39, 0.29) is 0 Å². The average Bonchev–Trinajstić information content (AvgIpc) is 2.27. The summed E-state index contributed by atoms with van der Waals surface area (Å²) < 4.78 is 0. The third-order valence-corrected chi connectivity index (χ3v) is 5.39. The summed E-state index contributed by atoms with van der Waals surface area (Å²) in [6.45, 7) is 4.57. The van der Waals surface area contributed by atoms with Crippen LogP contribution in [0.5, 0.6) is 0 Å². The highest BCUT2D eigenvalue weighted by Gasteiger charge is 2.24. The van der Waals surface area contributed by atoms with Crippen molar-refractivity contribution >= 4 is 23.5 Å². The molecule has 0 spiro atoms. The minimum Gasteiger partial charge on any atom is -0.310 e. The second kappa shape index (κ2) is 7.86. The molecule has 1 N–H and O–H groups in total. The molecule has 1 rings (SSSR count). The summed E-state index contributed by atoms with van der Waals surface area (Å²) in [7, 11) is 0. The lowest BCUT2D eigenvalue weighted by molar-refractivity contribution is 0.363. The van der Waals surface area contributed by atoms with Gasteiger partial charge in [0.15, 0.2) is 0 Å². The van der Waals surface area contributed by atoms with Gasteiger partial charge in [-0.05, 0) is 31.8 Å². The third-order valence-electron chi connectivity index (χ3n) is 3.08. The molecule has 90 valence electrons. The van der Waals surface area contributed by atoms with Crippen LogP contribution in [0.25, 0.3) is 0 Å². The van der Waals surface area contributed by atoms with Crippen LogP contribution in [-0.4, -0.2) is 35.1 Å². The standard InChI is InChI=1S/C12H25NS2/c1-4-15-9-10(2)13-11-7-5-6-8-12(11)14-3/h10-13H,4-9H2,1-3H3. The molecule has 1 nitrogen and oxygen atoms in total. The Morgan fingerprint density at radius 1 is 1.33 bits per heavy atom. The predicted molar refractivity (Wildman–Crippen MR) is 75.2 cm³/mol. The van der Waals surface area contributed by atoms with E-state index in [1.54, 1.807) is 0 Å². The molecule has 0 bridgehead atoms. The van der Waals surface area contributed by atoms with Crippen molar-refractivity contribution in [1.82, 2.24) is 5.32 Å². The second-order valence-corrected chi connectivity index (χ2v) is 6.79. The smallest absolute Gasteiger partial charge is 0.0198 e. The Balaban J connectivity index is 2.27. The third kappa shape index (κ3) is 5.01. The highest BCUT2D eigenvalue weighted by Crippen LogP contribution is 2.27. The molecule has 1 fully saturated rings. The Morgan fingerprint density at radius 3 is 2.73 bits per heavy atom. The number of nitrogens with one attached hydrogen (secondary N) is 1. The monoisotopic (exact) mass is 247 g/mol. The quantitative estimate of drug-likeness (QED) is 0.773. The van der Waals surface area contributed by atoms with Crippen LogP contribution in [0.15, 0.2) is 0 Å². The van der Waals surface area contributed by atoms with E-state index in [4.69, 9.17) is 0 Å². The number of hydrogen-bond acceptors (Lipinski definition) is 3. The first-order chi connectivity index (χ1) is 7.27. The van der Waals surface area contributed by atoms with Gasteiger partial charge < -0.3 is 5.32 Å². The molecule has 0 aromatic rings. The molecule has 1 aliphatic rings. The fourth-order valence-electron chi connectivity index (χ4n) is 2.28.